The molecule has 0 aromatic heterocycles. The molecule has 2 aliphatic rings. The zero-order valence-corrected chi connectivity index (χ0v) is 20.1. The summed E-state index contributed by atoms with van der Waals surface area (Å²) in [5.74, 6) is 0.694. The predicted octanol–water partition coefficient (Wildman–Crippen LogP) is 2.51. The molecule has 0 bridgehead atoms. The van der Waals surface area contributed by atoms with Crippen molar-refractivity contribution in [3.8, 4) is 11.5 Å². The van der Waals surface area contributed by atoms with E-state index >= 15 is 0 Å². The Labute approximate surface area is 208 Å². The quantitative estimate of drug-likeness (QED) is 0.431. The molecule has 0 spiro atoms. The molecule has 0 saturated heterocycles. The van der Waals surface area contributed by atoms with Gasteiger partial charge < -0.3 is 20.1 Å². The number of benzene rings is 3. The Balaban J connectivity index is 1.34. The number of carbonyl (C=O) groups is 2. The second-order valence-corrected chi connectivity index (χ2v) is 10.4. The molecule has 3 aromatic rings. The average molecular weight is 508 g/mol. The minimum atomic E-state index is -4.02. The number of sulfonamides is 1. The Bertz CT molecular complexity index is 1410. The van der Waals surface area contributed by atoms with E-state index in [1.54, 1.807) is 24.3 Å². The number of hydrogen-bond acceptors (Lipinski definition) is 6. The van der Waals surface area contributed by atoms with Crippen molar-refractivity contribution in [1.82, 2.24) is 10.0 Å². The maximum atomic E-state index is 13.3. The molecule has 0 aliphatic carbocycles. The molecular formula is C26H25N3O6S. The molecule has 3 N–H and O–H groups in total. The van der Waals surface area contributed by atoms with Gasteiger partial charge in [0.2, 0.25) is 28.6 Å². The topological polar surface area (TPSA) is 123 Å². The van der Waals surface area contributed by atoms with Crippen LogP contribution in [0.3, 0.4) is 0 Å². The predicted molar refractivity (Wildman–Crippen MR) is 132 cm³/mol. The molecule has 1 atom stereocenters. The minimum absolute atomic E-state index is 0.0408. The molecule has 36 heavy (non-hydrogen) atoms. The van der Waals surface area contributed by atoms with Crippen molar-refractivity contribution >= 4 is 27.5 Å². The lowest BCUT2D eigenvalue weighted by atomic mass is 10.0. The highest BCUT2D eigenvalue weighted by Crippen LogP contribution is 2.32. The van der Waals surface area contributed by atoms with Gasteiger partial charge in [-0.25, -0.2) is 8.42 Å². The van der Waals surface area contributed by atoms with Gasteiger partial charge in [-0.1, -0.05) is 36.4 Å². The van der Waals surface area contributed by atoms with E-state index in [1.165, 1.54) is 6.07 Å². The lowest BCUT2D eigenvalue weighted by Crippen LogP contribution is -2.47. The van der Waals surface area contributed by atoms with Crippen LogP contribution < -0.4 is 24.8 Å². The molecule has 1 unspecified atom stereocenters. The second-order valence-electron chi connectivity index (χ2n) is 8.64. The van der Waals surface area contributed by atoms with Crippen LogP contribution in [0, 0.1) is 0 Å². The number of fused-ring (bicyclic) bond motifs is 2. The Morgan fingerprint density at radius 3 is 2.58 bits per heavy atom. The van der Waals surface area contributed by atoms with Crippen LogP contribution in [-0.4, -0.2) is 33.1 Å². The van der Waals surface area contributed by atoms with E-state index in [-0.39, 0.29) is 30.6 Å². The monoisotopic (exact) mass is 507 g/mol. The summed E-state index contributed by atoms with van der Waals surface area (Å²) in [7, 11) is -4.02. The molecule has 2 heterocycles. The van der Waals surface area contributed by atoms with Crippen LogP contribution in [0.5, 0.6) is 11.5 Å². The van der Waals surface area contributed by atoms with Crippen molar-refractivity contribution in [2.75, 3.05) is 12.1 Å². The van der Waals surface area contributed by atoms with Crippen LogP contribution in [0.4, 0.5) is 5.69 Å². The standard InChI is InChI=1S/C26H25N3O6S/c30-25-11-7-19-14-20(8-9-21(19)28-25)36(32,33)29-22(12-17-4-2-1-3-5-17)26(31)27-15-18-6-10-23-24(13-18)35-16-34-23/h1-6,8-10,13-14,22,29H,7,11-12,15-16H2,(H,27,31)(H,28,30). The van der Waals surface area contributed by atoms with E-state index in [2.05, 4.69) is 15.4 Å². The molecule has 9 nitrogen and oxygen atoms in total. The van der Waals surface area contributed by atoms with Gasteiger partial charge in [-0.15, -0.1) is 0 Å². The number of hydrogen-bond donors (Lipinski definition) is 3. The van der Waals surface area contributed by atoms with E-state index in [4.69, 9.17) is 9.47 Å². The second kappa shape index (κ2) is 10.00. The molecule has 5 rings (SSSR count). The maximum Gasteiger partial charge on any atom is 0.241 e. The minimum Gasteiger partial charge on any atom is -0.454 e. The van der Waals surface area contributed by atoms with Gasteiger partial charge >= 0.3 is 0 Å². The van der Waals surface area contributed by atoms with Gasteiger partial charge in [0, 0.05) is 18.7 Å². The van der Waals surface area contributed by atoms with Crippen LogP contribution in [0.25, 0.3) is 0 Å². The Hall–Kier alpha value is -3.89. The summed E-state index contributed by atoms with van der Waals surface area (Å²) in [4.78, 5) is 24.9. The number of nitrogens with one attached hydrogen (secondary N) is 3. The van der Waals surface area contributed by atoms with Crippen LogP contribution in [0.1, 0.15) is 23.1 Å². The van der Waals surface area contributed by atoms with Gasteiger partial charge in [-0.05, 0) is 59.9 Å². The maximum absolute atomic E-state index is 13.3. The first kappa shape index (κ1) is 23.8. The molecule has 2 amide bonds. The first-order chi connectivity index (χ1) is 17.4. The normalized spacial score (nSPS) is 15.1. The van der Waals surface area contributed by atoms with Crippen molar-refractivity contribution in [1.29, 1.82) is 0 Å². The molecule has 2 aliphatic heterocycles. The fraction of sp³-hybridized carbons (Fsp3) is 0.231. The number of anilines is 1. The zero-order chi connectivity index (χ0) is 25.1. The van der Waals surface area contributed by atoms with Gasteiger partial charge in [-0.2, -0.15) is 4.72 Å². The third kappa shape index (κ3) is 5.34. The number of rotatable bonds is 8. The highest BCUT2D eigenvalue weighted by Gasteiger charge is 2.27. The third-order valence-corrected chi connectivity index (χ3v) is 7.55. The Morgan fingerprint density at radius 1 is 0.944 bits per heavy atom. The van der Waals surface area contributed by atoms with Gasteiger partial charge in [0.1, 0.15) is 6.04 Å². The van der Waals surface area contributed by atoms with Crippen LogP contribution >= 0.6 is 0 Å². The van der Waals surface area contributed by atoms with Crippen molar-refractivity contribution in [2.24, 2.45) is 0 Å². The van der Waals surface area contributed by atoms with Gasteiger partial charge in [-0.3, -0.25) is 9.59 Å². The number of aryl methyl sites for hydroxylation is 1. The van der Waals surface area contributed by atoms with Crippen molar-refractivity contribution < 1.29 is 27.5 Å². The highest BCUT2D eigenvalue weighted by molar-refractivity contribution is 7.89. The molecule has 3 aromatic carbocycles. The first-order valence-electron chi connectivity index (χ1n) is 11.5. The lowest BCUT2D eigenvalue weighted by Gasteiger charge is -2.21. The van der Waals surface area contributed by atoms with E-state index in [1.807, 2.05) is 36.4 Å². The Kier molecular flexibility index (Phi) is 6.62. The van der Waals surface area contributed by atoms with Gasteiger partial charge in [0.25, 0.3) is 0 Å². The van der Waals surface area contributed by atoms with Crippen LogP contribution in [0.2, 0.25) is 0 Å². The van der Waals surface area contributed by atoms with Crippen molar-refractivity contribution in [2.45, 2.75) is 36.7 Å². The Morgan fingerprint density at radius 2 is 1.75 bits per heavy atom. The summed E-state index contributed by atoms with van der Waals surface area (Å²) in [6.45, 7) is 0.349. The zero-order valence-electron chi connectivity index (χ0n) is 19.3. The van der Waals surface area contributed by atoms with Crippen molar-refractivity contribution in [3.05, 3.63) is 83.4 Å². The van der Waals surface area contributed by atoms with Crippen molar-refractivity contribution in [3.63, 3.8) is 0 Å². The fourth-order valence-corrected chi connectivity index (χ4v) is 5.43. The van der Waals surface area contributed by atoms with E-state index in [0.29, 0.717) is 30.0 Å². The number of carbonyl (C=O) groups excluding carboxylic acids is 2. The molecule has 0 radical (unpaired) electrons. The van der Waals surface area contributed by atoms with E-state index in [0.717, 1.165) is 16.7 Å². The van der Waals surface area contributed by atoms with E-state index in [9.17, 15) is 18.0 Å². The first-order valence-corrected chi connectivity index (χ1v) is 13.0. The smallest absolute Gasteiger partial charge is 0.241 e. The molecule has 186 valence electrons. The summed E-state index contributed by atoms with van der Waals surface area (Å²) in [6, 6.07) is 18.1. The summed E-state index contributed by atoms with van der Waals surface area (Å²) in [6.07, 6.45) is 0.921. The molecular weight excluding hydrogens is 482 g/mol. The summed E-state index contributed by atoms with van der Waals surface area (Å²) < 4.78 is 39.8. The van der Waals surface area contributed by atoms with Crippen LogP contribution in [-0.2, 0) is 39.0 Å². The highest BCUT2D eigenvalue weighted by atomic mass is 32.2. The lowest BCUT2D eigenvalue weighted by molar-refractivity contribution is -0.123. The van der Waals surface area contributed by atoms with Gasteiger partial charge in [0.05, 0.1) is 4.90 Å². The number of ether oxygens (including phenoxy) is 2. The fourth-order valence-electron chi connectivity index (χ4n) is 4.18. The summed E-state index contributed by atoms with van der Waals surface area (Å²) in [5.41, 5.74) is 2.96. The largest absolute Gasteiger partial charge is 0.454 e. The van der Waals surface area contributed by atoms with E-state index < -0.39 is 22.0 Å². The summed E-state index contributed by atoms with van der Waals surface area (Å²) >= 11 is 0. The average Bonchev–Trinajstić information content (AvgIpc) is 3.35. The van der Waals surface area contributed by atoms with Gasteiger partial charge in [0.15, 0.2) is 11.5 Å². The third-order valence-electron chi connectivity index (χ3n) is 6.08. The SMILES string of the molecule is O=C1CCc2cc(S(=O)(=O)NC(Cc3ccccc3)C(=O)NCc3ccc4c(c3)OCO4)ccc2N1. The molecule has 0 saturated carbocycles. The summed E-state index contributed by atoms with van der Waals surface area (Å²) in [5, 5.41) is 5.57. The number of amides is 2. The molecule has 10 heteroatoms. The van der Waals surface area contributed by atoms with Crippen LogP contribution in [0.15, 0.2) is 71.6 Å². The molecule has 0 fully saturated rings.